The van der Waals surface area contributed by atoms with Crippen molar-refractivity contribution < 1.29 is 9.47 Å². The number of morpholine rings is 1. The van der Waals surface area contributed by atoms with Gasteiger partial charge in [0, 0.05) is 70.2 Å². The molecule has 2 saturated heterocycles. The summed E-state index contributed by atoms with van der Waals surface area (Å²) in [5.41, 5.74) is 3.56. The van der Waals surface area contributed by atoms with Gasteiger partial charge in [0.05, 0.1) is 25.0 Å². The van der Waals surface area contributed by atoms with Crippen LogP contribution < -0.4 is 0 Å². The highest BCUT2D eigenvalue weighted by molar-refractivity contribution is 5.62. The minimum absolute atomic E-state index is 0.266. The predicted octanol–water partition coefficient (Wildman–Crippen LogP) is 2.01. The van der Waals surface area contributed by atoms with Gasteiger partial charge in [0.25, 0.3) is 0 Å². The summed E-state index contributed by atoms with van der Waals surface area (Å²) < 4.78 is 13.5. The zero-order chi connectivity index (χ0) is 18.5. The van der Waals surface area contributed by atoms with Crippen LogP contribution in [-0.2, 0) is 23.1 Å². The SMILES string of the molecule is Cn1cc(CN2CCCOC(CN3CCOCC3)C2)c(-c2ccccc2)n1. The lowest BCUT2D eigenvalue weighted by Gasteiger charge is -2.31. The second kappa shape index (κ2) is 8.97. The molecule has 1 aromatic heterocycles. The lowest BCUT2D eigenvalue weighted by molar-refractivity contribution is -0.0122. The quantitative estimate of drug-likeness (QED) is 0.806. The molecule has 1 unspecified atom stereocenters. The fourth-order valence-corrected chi connectivity index (χ4v) is 4.03. The fourth-order valence-electron chi connectivity index (χ4n) is 4.03. The highest BCUT2D eigenvalue weighted by Gasteiger charge is 2.23. The molecule has 1 atom stereocenters. The first-order chi connectivity index (χ1) is 13.3. The van der Waals surface area contributed by atoms with Crippen LogP contribution in [0.25, 0.3) is 11.3 Å². The Labute approximate surface area is 161 Å². The Hall–Kier alpha value is -1.73. The molecule has 2 aliphatic rings. The third kappa shape index (κ3) is 4.96. The van der Waals surface area contributed by atoms with Gasteiger partial charge in [0.15, 0.2) is 0 Å². The van der Waals surface area contributed by atoms with Crippen molar-refractivity contribution in [1.29, 1.82) is 0 Å². The van der Waals surface area contributed by atoms with Crippen molar-refractivity contribution in [3.05, 3.63) is 42.1 Å². The molecular formula is C21H30N4O2. The molecule has 4 rings (SSSR count). The molecule has 0 saturated carbocycles. The Morgan fingerprint density at radius 2 is 1.85 bits per heavy atom. The van der Waals surface area contributed by atoms with Crippen LogP contribution in [0.1, 0.15) is 12.0 Å². The zero-order valence-electron chi connectivity index (χ0n) is 16.2. The maximum atomic E-state index is 6.15. The molecule has 1 aromatic carbocycles. The third-order valence-electron chi connectivity index (χ3n) is 5.35. The average Bonchev–Trinajstić information content (AvgIpc) is 2.91. The Morgan fingerprint density at radius 1 is 1.04 bits per heavy atom. The van der Waals surface area contributed by atoms with E-state index in [1.54, 1.807) is 0 Å². The summed E-state index contributed by atoms with van der Waals surface area (Å²) in [4.78, 5) is 5.00. The van der Waals surface area contributed by atoms with E-state index in [0.717, 1.165) is 71.2 Å². The monoisotopic (exact) mass is 370 g/mol. The second-order valence-electron chi connectivity index (χ2n) is 7.54. The summed E-state index contributed by atoms with van der Waals surface area (Å²) in [7, 11) is 2.00. The van der Waals surface area contributed by atoms with E-state index in [-0.39, 0.29) is 6.10 Å². The molecule has 0 bridgehead atoms. The Kier molecular flexibility index (Phi) is 6.19. The molecule has 27 heavy (non-hydrogen) atoms. The molecule has 146 valence electrons. The van der Waals surface area contributed by atoms with E-state index < -0.39 is 0 Å². The average molecular weight is 370 g/mol. The van der Waals surface area contributed by atoms with Crippen molar-refractivity contribution in [2.45, 2.75) is 19.1 Å². The van der Waals surface area contributed by atoms with Gasteiger partial charge in [-0.25, -0.2) is 0 Å². The Morgan fingerprint density at radius 3 is 2.67 bits per heavy atom. The molecule has 0 aliphatic carbocycles. The highest BCUT2D eigenvalue weighted by Crippen LogP contribution is 2.23. The lowest BCUT2D eigenvalue weighted by atomic mass is 10.1. The molecule has 6 nitrogen and oxygen atoms in total. The molecule has 0 radical (unpaired) electrons. The van der Waals surface area contributed by atoms with Crippen molar-refractivity contribution in [3.8, 4) is 11.3 Å². The van der Waals surface area contributed by atoms with Gasteiger partial charge in [0.1, 0.15) is 0 Å². The van der Waals surface area contributed by atoms with E-state index in [1.165, 1.54) is 11.1 Å². The van der Waals surface area contributed by atoms with Gasteiger partial charge in [-0.2, -0.15) is 5.10 Å². The molecule has 0 N–H and O–H groups in total. The zero-order valence-corrected chi connectivity index (χ0v) is 16.2. The number of aromatic nitrogens is 2. The number of ether oxygens (including phenoxy) is 2. The van der Waals surface area contributed by atoms with E-state index in [9.17, 15) is 0 Å². The summed E-state index contributed by atoms with van der Waals surface area (Å²) >= 11 is 0. The number of hydrogen-bond donors (Lipinski definition) is 0. The smallest absolute Gasteiger partial charge is 0.0968 e. The van der Waals surface area contributed by atoms with Crippen LogP contribution in [0.15, 0.2) is 36.5 Å². The van der Waals surface area contributed by atoms with E-state index in [0.29, 0.717) is 0 Å². The van der Waals surface area contributed by atoms with Crippen molar-refractivity contribution >= 4 is 0 Å². The van der Waals surface area contributed by atoms with Crippen LogP contribution in [0, 0.1) is 0 Å². The van der Waals surface area contributed by atoms with Crippen LogP contribution in [0.2, 0.25) is 0 Å². The van der Waals surface area contributed by atoms with Crippen molar-refractivity contribution in [1.82, 2.24) is 19.6 Å². The minimum atomic E-state index is 0.266. The predicted molar refractivity (Wildman–Crippen MR) is 106 cm³/mol. The maximum Gasteiger partial charge on any atom is 0.0968 e. The molecule has 2 aromatic rings. The summed E-state index contributed by atoms with van der Waals surface area (Å²) in [6.07, 6.45) is 3.51. The van der Waals surface area contributed by atoms with Gasteiger partial charge in [-0.1, -0.05) is 30.3 Å². The number of rotatable bonds is 5. The van der Waals surface area contributed by atoms with Crippen LogP contribution in [0.4, 0.5) is 0 Å². The van der Waals surface area contributed by atoms with E-state index in [4.69, 9.17) is 14.6 Å². The number of aryl methyl sites for hydroxylation is 1. The molecule has 2 fully saturated rings. The Bertz CT molecular complexity index is 712. The van der Waals surface area contributed by atoms with E-state index >= 15 is 0 Å². The standard InChI is InChI=1S/C21H30N4O2/c1-23-14-19(21(22-23)18-6-3-2-4-7-18)15-25-8-5-11-27-20(17-25)16-24-9-12-26-13-10-24/h2-4,6-7,14,20H,5,8-13,15-17H2,1H3. The van der Waals surface area contributed by atoms with Crippen LogP contribution in [-0.4, -0.2) is 78.2 Å². The second-order valence-corrected chi connectivity index (χ2v) is 7.54. The van der Waals surface area contributed by atoms with E-state index in [2.05, 4.69) is 46.3 Å². The van der Waals surface area contributed by atoms with Gasteiger partial charge >= 0.3 is 0 Å². The van der Waals surface area contributed by atoms with Crippen molar-refractivity contribution in [2.75, 3.05) is 52.5 Å². The largest absolute Gasteiger partial charge is 0.379 e. The van der Waals surface area contributed by atoms with Crippen LogP contribution >= 0.6 is 0 Å². The summed E-state index contributed by atoms with van der Waals surface area (Å²) in [5, 5.41) is 4.72. The topological polar surface area (TPSA) is 42.8 Å². The van der Waals surface area contributed by atoms with Crippen molar-refractivity contribution in [3.63, 3.8) is 0 Å². The third-order valence-corrected chi connectivity index (χ3v) is 5.35. The first-order valence-corrected chi connectivity index (χ1v) is 10.00. The molecule has 3 heterocycles. The number of nitrogens with zero attached hydrogens (tertiary/aromatic N) is 4. The van der Waals surface area contributed by atoms with Gasteiger partial charge in [-0.05, 0) is 6.42 Å². The molecule has 0 spiro atoms. The summed E-state index contributed by atoms with van der Waals surface area (Å²) in [5.74, 6) is 0. The van der Waals surface area contributed by atoms with E-state index in [1.807, 2.05) is 11.7 Å². The van der Waals surface area contributed by atoms with Gasteiger partial charge in [-0.15, -0.1) is 0 Å². The molecular weight excluding hydrogens is 340 g/mol. The molecule has 6 heteroatoms. The first-order valence-electron chi connectivity index (χ1n) is 10.00. The Balaban J connectivity index is 1.44. The van der Waals surface area contributed by atoms with Gasteiger partial charge < -0.3 is 9.47 Å². The minimum Gasteiger partial charge on any atom is -0.379 e. The number of hydrogen-bond acceptors (Lipinski definition) is 5. The summed E-state index contributed by atoms with van der Waals surface area (Å²) in [6.45, 7) is 8.52. The fraction of sp³-hybridized carbons (Fsp3) is 0.571. The lowest BCUT2D eigenvalue weighted by Crippen LogP contribution is -2.44. The van der Waals surface area contributed by atoms with Crippen molar-refractivity contribution in [2.24, 2.45) is 7.05 Å². The molecule has 0 amide bonds. The maximum absolute atomic E-state index is 6.15. The normalized spacial score (nSPS) is 22.6. The highest BCUT2D eigenvalue weighted by atomic mass is 16.5. The molecule has 2 aliphatic heterocycles. The van der Waals surface area contributed by atoms with Crippen LogP contribution in [0.5, 0.6) is 0 Å². The number of benzene rings is 1. The summed E-state index contributed by atoms with van der Waals surface area (Å²) in [6, 6.07) is 10.5. The van der Waals surface area contributed by atoms with Gasteiger partial charge in [0.2, 0.25) is 0 Å². The van der Waals surface area contributed by atoms with Gasteiger partial charge in [-0.3, -0.25) is 14.5 Å². The first kappa shape index (κ1) is 18.6. The van der Waals surface area contributed by atoms with Crippen LogP contribution in [0.3, 0.4) is 0 Å².